The number of nitrogens with zero attached hydrogens (tertiary/aromatic N) is 2. The quantitative estimate of drug-likeness (QED) is 0.822. The van der Waals surface area contributed by atoms with Gasteiger partial charge in [-0.05, 0) is 18.4 Å². The van der Waals surface area contributed by atoms with E-state index in [1.54, 1.807) is 10.9 Å². The maximum atomic E-state index is 12.1. The van der Waals surface area contributed by atoms with Crippen LogP contribution in [0.1, 0.15) is 20.8 Å². The second-order valence-electron chi connectivity index (χ2n) is 5.75. The Kier molecular flexibility index (Phi) is 3.34. The van der Waals surface area contributed by atoms with Crippen molar-refractivity contribution < 1.29 is 14.7 Å². The minimum Gasteiger partial charge on any atom is -0.481 e. The molecule has 1 amide bonds. The van der Waals surface area contributed by atoms with Crippen molar-refractivity contribution in [3.63, 3.8) is 0 Å². The number of carbonyl (C=O) groups excluding carboxylic acids is 1. The summed E-state index contributed by atoms with van der Waals surface area (Å²) in [5, 5.41) is 16.0. The molecule has 0 saturated heterocycles. The molecule has 1 aromatic rings. The maximum absolute atomic E-state index is 12.1. The molecule has 1 aromatic heterocycles. The molecule has 0 radical (unpaired) electrons. The standard InChI is InChI=1S/C13H19N3O3/c1-8(7-16-6-4-5-14-16)15-11(17)9-10(12(18)19)13(9,2)3/h4-6,8-10H,7H2,1-3H3,(H,15,17)(H,18,19)/t8?,9-,10+/m1/s1. The van der Waals surface area contributed by atoms with Crippen LogP contribution < -0.4 is 5.32 Å². The molecule has 104 valence electrons. The van der Waals surface area contributed by atoms with Crippen molar-refractivity contribution in [2.75, 3.05) is 0 Å². The van der Waals surface area contributed by atoms with Gasteiger partial charge < -0.3 is 10.4 Å². The lowest BCUT2D eigenvalue weighted by Crippen LogP contribution is -2.37. The molecule has 1 heterocycles. The molecule has 6 nitrogen and oxygen atoms in total. The van der Waals surface area contributed by atoms with Crippen molar-refractivity contribution >= 4 is 11.9 Å². The summed E-state index contributed by atoms with van der Waals surface area (Å²) in [7, 11) is 0. The molecule has 2 N–H and O–H groups in total. The number of carboxylic acids is 1. The van der Waals surface area contributed by atoms with Crippen LogP contribution in [-0.2, 0) is 16.1 Å². The minimum atomic E-state index is -0.898. The van der Waals surface area contributed by atoms with E-state index in [-0.39, 0.29) is 11.9 Å². The van der Waals surface area contributed by atoms with Crippen LogP contribution in [0.2, 0.25) is 0 Å². The molecule has 1 saturated carbocycles. The summed E-state index contributed by atoms with van der Waals surface area (Å²) in [6.45, 7) is 6.08. The Bertz CT molecular complexity index is 481. The van der Waals surface area contributed by atoms with E-state index < -0.39 is 23.2 Å². The molecule has 3 atom stereocenters. The lowest BCUT2D eigenvalue weighted by Gasteiger charge is -2.14. The first-order valence-corrected chi connectivity index (χ1v) is 6.34. The third-order valence-electron chi connectivity index (χ3n) is 3.78. The molecular formula is C13H19N3O3. The number of hydrogen-bond donors (Lipinski definition) is 2. The summed E-state index contributed by atoms with van der Waals surface area (Å²) in [4.78, 5) is 23.1. The van der Waals surface area contributed by atoms with Gasteiger partial charge in [-0.15, -0.1) is 0 Å². The van der Waals surface area contributed by atoms with E-state index in [1.165, 1.54) is 0 Å². The SMILES string of the molecule is CC(Cn1cccn1)NC(=O)[C@H]1[C@@H](C(=O)O)C1(C)C. The van der Waals surface area contributed by atoms with Crippen LogP contribution in [-0.4, -0.2) is 32.8 Å². The van der Waals surface area contributed by atoms with Crippen molar-refractivity contribution in [1.29, 1.82) is 0 Å². The number of carboxylic acid groups (broad SMARTS) is 1. The largest absolute Gasteiger partial charge is 0.481 e. The van der Waals surface area contributed by atoms with Gasteiger partial charge in [0.2, 0.25) is 5.91 Å². The molecule has 0 aromatic carbocycles. The first-order valence-electron chi connectivity index (χ1n) is 6.34. The summed E-state index contributed by atoms with van der Waals surface area (Å²) in [5.41, 5.74) is -0.457. The van der Waals surface area contributed by atoms with Crippen LogP contribution in [0.4, 0.5) is 0 Å². The van der Waals surface area contributed by atoms with E-state index in [9.17, 15) is 9.59 Å². The van der Waals surface area contributed by atoms with Gasteiger partial charge in [0.15, 0.2) is 0 Å². The molecule has 0 spiro atoms. The number of aliphatic carboxylic acids is 1. The zero-order valence-electron chi connectivity index (χ0n) is 11.3. The predicted octanol–water partition coefficient (Wildman–Crippen LogP) is 0.745. The highest BCUT2D eigenvalue weighted by Crippen LogP contribution is 2.58. The van der Waals surface area contributed by atoms with Gasteiger partial charge >= 0.3 is 5.97 Å². The lowest BCUT2D eigenvalue weighted by atomic mass is 10.1. The Labute approximate surface area is 111 Å². The van der Waals surface area contributed by atoms with E-state index in [4.69, 9.17) is 5.11 Å². The molecule has 1 aliphatic carbocycles. The average molecular weight is 265 g/mol. The van der Waals surface area contributed by atoms with Gasteiger partial charge in [-0.2, -0.15) is 5.10 Å². The number of amides is 1. The fraction of sp³-hybridized carbons (Fsp3) is 0.615. The third kappa shape index (κ3) is 2.62. The van der Waals surface area contributed by atoms with E-state index in [0.717, 1.165) is 0 Å². The normalized spacial score (nSPS) is 25.6. The molecule has 1 unspecified atom stereocenters. The van der Waals surface area contributed by atoms with Gasteiger partial charge in [0.1, 0.15) is 0 Å². The van der Waals surface area contributed by atoms with Crippen molar-refractivity contribution in [3.05, 3.63) is 18.5 Å². The first-order chi connectivity index (χ1) is 8.84. The predicted molar refractivity (Wildman–Crippen MR) is 68.2 cm³/mol. The molecule has 0 bridgehead atoms. The third-order valence-corrected chi connectivity index (χ3v) is 3.78. The fourth-order valence-electron chi connectivity index (χ4n) is 2.66. The van der Waals surface area contributed by atoms with Crippen LogP contribution in [0.15, 0.2) is 18.5 Å². The molecular weight excluding hydrogens is 246 g/mol. The van der Waals surface area contributed by atoms with Crippen molar-refractivity contribution in [2.45, 2.75) is 33.4 Å². The van der Waals surface area contributed by atoms with Gasteiger partial charge in [-0.25, -0.2) is 0 Å². The highest BCUT2D eigenvalue weighted by atomic mass is 16.4. The Morgan fingerprint density at radius 1 is 1.47 bits per heavy atom. The Balaban J connectivity index is 1.90. The Hall–Kier alpha value is -1.85. The second kappa shape index (κ2) is 4.68. The molecule has 0 aliphatic heterocycles. The van der Waals surface area contributed by atoms with Crippen LogP contribution in [0.25, 0.3) is 0 Å². The zero-order chi connectivity index (χ0) is 14.2. The summed E-state index contributed by atoms with van der Waals surface area (Å²) < 4.78 is 1.73. The van der Waals surface area contributed by atoms with Crippen LogP contribution >= 0.6 is 0 Å². The molecule has 6 heteroatoms. The summed E-state index contributed by atoms with van der Waals surface area (Å²) in [6, 6.07) is 1.73. The van der Waals surface area contributed by atoms with Gasteiger partial charge in [-0.1, -0.05) is 13.8 Å². The van der Waals surface area contributed by atoms with Gasteiger partial charge in [0.05, 0.1) is 18.4 Å². The number of hydrogen-bond acceptors (Lipinski definition) is 3. The summed E-state index contributed by atoms with van der Waals surface area (Å²) in [5.74, 6) is -2.10. The summed E-state index contributed by atoms with van der Waals surface area (Å²) >= 11 is 0. The van der Waals surface area contributed by atoms with Crippen LogP contribution in [0.5, 0.6) is 0 Å². The van der Waals surface area contributed by atoms with Gasteiger partial charge in [0, 0.05) is 18.4 Å². The smallest absolute Gasteiger partial charge is 0.307 e. The maximum Gasteiger partial charge on any atom is 0.307 e. The topological polar surface area (TPSA) is 84.2 Å². The Morgan fingerprint density at radius 3 is 2.63 bits per heavy atom. The van der Waals surface area contributed by atoms with Gasteiger partial charge in [0.25, 0.3) is 0 Å². The zero-order valence-corrected chi connectivity index (χ0v) is 11.3. The fourth-order valence-corrected chi connectivity index (χ4v) is 2.66. The van der Waals surface area contributed by atoms with E-state index >= 15 is 0 Å². The highest BCUT2D eigenvalue weighted by Gasteiger charge is 2.65. The summed E-state index contributed by atoms with van der Waals surface area (Å²) in [6.07, 6.45) is 3.50. The van der Waals surface area contributed by atoms with E-state index in [1.807, 2.05) is 33.0 Å². The minimum absolute atomic E-state index is 0.0850. The van der Waals surface area contributed by atoms with Gasteiger partial charge in [-0.3, -0.25) is 14.3 Å². The molecule has 1 fully saturated rings. The number of nitrogens with one attached hydrogen (secondary N) is 1. The van der Waals surface area contributed by atoms with Crippen molar-refractivity contribution in [1.82, 2.24) is 15.1 Å². The second-order valence-corrected chi connectivity index (χ2v) is 5.75. The van der Waals surface area contributed by atoms with Crippen LogP contribution in [0.3, 0.4) is 0 Å². The van der Waals surface area contributed by atoms with Crippen molar-refractivity contribution in [3.8, 4) is 0 Å². The van der Waals surface area contributed by atoms with E-state index in [2.05, 4.69) is 10.4 Å². The monoisotopic (exact) mass is 265 g/mol. The van der Waals surface area contributed by atoms with E-state index in [0.29, 0.717) is 6.54 Å². The molecule has 2 rings (SSSR count). The number of carbonyl (C=O) groups is 2. The molecule has 1 aliphatic rings. The number of rotatable bonds is 5. The average Bonchev–Trinajstić information content (AvgIpc) is 2.66. The highest BCUT2D eigenvalue weighted by molar-refractivity contribution is 5.91. The number of aromatic nitrogens is 2. The Morgan fingerprint density at radius 2 is 2.16 bits per heavy atom. The van der Waals surface area contributed by atoms with Crippen molar-refractivity contribution in [2.24, 2.45) is 17.3 Å². The lowest BCUT2D eigenvalue weighted by molar-refractivity contribution is -0.140. The van der Waals surface area contributed by atoms with Crippen LogP contribution in [0, 0.1) is 17.3 Å². The molecule has 19 heavy (non-hydrogen) atoms. The first kappa shape index (κ1) is 13.6.